The number of hydrogen-bond acceptors (Lipinski definition) is 5. The van der Waals surface area contributed by atoms with Gasteiger partial charge in [-0.15, -0.1) is 0 Å². The minimum atomic E-state index is 0.0546. The Morgan fingerprint density at radius 2 is 2.04 bits per heavy atom. The molecule has 0 saturated carbocycles. The number of rotatable bonds is 6. The molecule has 4 rings (SSSR count). The zero-order valence-electron chi connectivity index (χ0n) is 16.4. The predicted molar refractivity (Wildman–Crippen MR) is 106 cm³/mol. The molecule has 0 radical (unpaired) electrons. The van der Waals surface area contributed by atoms with E-state index < -0.39 is 0 Å². The lowest BCUT2D eigenvalue weighted by molar-refractivity contribution is -0.128. The summed E-state index contributed by atoms with van der Waals surface area (Å²) in [4.78, 5) is 32.9. The van der Waals surface area contributed by atoms with Gasteiger partial charge >= 0.3 is 0 Å². The lowest BCUT2D eigenvalue weighted by atomic mass is 9.96. The van der Waals surface area contributed by atoms with Crippen LogP contribution in [-0.4, -0.2) is 72.5 Å². The van der Waals surface area contributed by atoms with E-state index in [2.05, 4.69) is 10.3 Å². The Morgan fingerprint density at radius 1 is 1.18 bits per heavy atom. The van der Waals surface area contributed by atoms with Crippen molar-refractivity contribution in [3.05, 3.63) is 23.9 Å². The second kappa shape index (κ2) is 8.90. The van der Waals surface area contributed by atoms with Crippen molar-refractivity contribution in [1.82, 2.24) is 14.8 Å². The standard InChI is InChI=1S/C21H30N4O3/c26-20-2-1-8-25(20)14-16-5-9-24(10-6-16)21(27)18-3-4-19(23-13-18)22-12-17-7-11-28-15-17/h3-4,13,16-17H,1-2,5-12,14-15H2,(H,22,23)/t17-/m1/s1. The number of carbonyl (C=O) groups is 2. The van der Waals surface area contributed by atoms with E-state index in [0.29, 0.717) is 29.7 Å². The maximum Gasteiger partial charge on any atom is 0.255 e. The predicted octanol–water partition coefficient (Wildman–Crippen LogP) is 2.00. The minimum absolute atomic E-state index is 0.0546. The van der Waals surface area contributed by atoms with Crippen LogP contribution in [-0.2, 0) is 9.53 Å². The Hall–Kier alpha value is -2.15. The van der Waals surface area contributed by atoms with Gasteiger partial charge in [-0.2, -0.15) is 0 Å². The number of carbonyl (C=O) groups excluding carboxylic acids is 2. The van der Waals surface area contributed by atoms with Crippen LogP contribution in [0.2, 0.25) is 0 Å². The summed E-state index contributed by atoms with van der Waals surface area (Å²) in [6.45, 7) is 5.78. The second-order valence-electron chi connectivity index (χ2n) is 8.22. The number of aromatic nitrogens is 1. The van der Waals surface area contributed by atoms with Gasteiger partial charge in [-0.1, -0.05) is 0 Å². The number of ether oxygens (including phenoxy) is 1. The number of hydrogen-bond donors (Lipinski definition) is 1. The van der Waals surface area contributed by atoms with Crippen molar-refractivity contribution in [2.24, 2.45) is 11.8 Å². The Morgan fingerprint density at radius 3 is 2.68 bits per heavy atom. The van der Waals surface area contributed by atoms with E-state index in [4.69, 9.17) is 4.74 Å². The van der Waals surface area contributed by atoms with Crippen LogP contribution in [0.5, 0.6) is 0 Å². The number of anilines is 1. The highest BCUT2D eigenvalue weighted by molar-refractivity contribution is 5.94. The molecule has 0 spiro atoms. The Bertz CT molecular complexity index is 679. The lowest BCUT2D eigenvalue weighted by Gasteiger charge is -2.34. The molecule has 3 aliphatic rings. The van der Waals surface area contributed by atoms with Crippen molar-refractivity contribution in [3.8, 4) is 0 Å². The molecule has 4 heterocycles. The van der Waals surface area contributed by atoms with Gasteiger partial charge in [0, 0.05) is 57.9 Å². The third-order valence-corrected chi connectivity index (χ3v) is 6.16. The van der Waals surface area contributed by atoms with Crippen LogP contribution < -0.4 is 5.32 Å². The number of piperidine rings is 1. The maximum atomic E-state index is 12.8. The van der Waals surface area contributed by atoms with Gasteiger partial charge in [0.05, 0.1) is 12.2 Å². The van der Waals surface area contributed by atoms with Gasteiger partial charge in [-0.3, -0.25) is 9.59 Å². The molecule has 0 aromatic carbocycles. The fourth-order valence-corrected chi connectivity index (χ4v) is 4.33. The average Bonchev–Trinajstić information content (AvgIpc) is 3.39. The first kappa shape index (κ1) is 19.2. The van der Waals surface area contributed by atoms with Gasteiger partial charge in [0.2, 0.25) is 5.91 Å². The van der Waals surface area contributed by atoms with Gasteiger partial charge < -0.3 is 19.9 Å². The summed E-state index contributed by atoms with van der Waals surface area (Å²) in [6, 6.07) is 3.74. The highest BCUT2D eigenvalue weighted by atomic mass is 16.5. The van der Waals surface area contributed by atoms with Gasteiger partial charge in [-0.05, 0) is 43.7 Å². The fraction of sp³-hybridized carbons (Fsp3) is 0.667. The van der Waals surface area contributed by atoms with Gasteiger partial charge in [0.25, 0.3) is 5.91 Å². The van der Waals surface area contributed by atoms with Crippen LogP contribution in [0, 0.1) is 11.8 Å². The van der Waals surface area contributed by atoms with Crippen molar-refractivity contribution >= 4 is 17.6 Å². The Labute approximate surface area is 166 Å². The summed E-state index contributed by atoms with van der Waals surface area (Å²) >= 11 is 0. The van der Waals surface area contributed by atoms with E-state index in [-0.39, 0.29) is 5.91 Å². The molecule has 1 aromatic rings. The van der Waals surface area contributed by atoms with Crippen molar-refractivity contribution in [1.29, 1.82) is 0 Å². The van der Waals surface area contributed by atoms with Crippen LogP contribution >= 0.6 is 0 Å². The van der Waals surface area contributed by atoms with Gasteiger partial charge in [-0.25, -0.2) is 4.98 Å². The van der Waals surface area contributed by atoms with E-state index in [0.717, 1.165) is 77.4 Å². The molecule has 0 unspecified atom stereocenters. The highest BCUT2D eigenvalue weighted by Crippen LogP contribution is 2.22. The minimum Gasteiger partial charge on any atom is -0.381 e. The summed E-state index contributed by atoms with van der Waals surface area (Å²) in [5.74, 6) is 2.20. The zero-order chi connectivity index (χ0) is 19.3. The van der Waals surface area contributed by atoms with Crippen molar-refractivity contribution in [2.45, 2.75) is 32.1 Å². The van der Waals surface area contributed by atoms with E-state index in [1.165, 1.54) is 0 Å². The Balaban J connectivity index is 1.23. The molecule has 3 aliphatic heterocycles. The molecule has 1 atom stereocenters. The number of nitrogens with zero attached hydrogens (tertiary/aromatic N) is 3. The fourth-order valence-electron chi connectivity index (χ4n) is 4.33. The molecule has 3 fully saturated rings. The van der Waals surface area contributed by atoms with E-state index >= 15 is 0 Å². The SMILES string of the molecule is O=C1CCCN1CC1CCN(C(=O)c2ccc(NC[C@H]3CCOC3)nc2)CC1. The first-order chi connectivity index (χ1) is 13.7. The number of nitrogens with one attached hydrogen (secondary N) is 1. The summed E-state index contributed by atoms with van der Waals surface area (Å²) in [5, 5.41) is 3.33. The third kappa shape index (κ3) is 4.63. The number of likely N-dealkylation sites (tertiary alicyclic amines) is 2. The molecule has 3 saturated heterocycles. The van der Waals surface area contributed by atoms with Crippen LogP contribution in [0.4, 0.5) is 5.82 Å². The first-order valence-electron chi connectivity index (χ1n) is 10.5. The maximum absolute atomic E-state index is 12.8. The normalized spacial score (nSPS) is 23.4. The van der Waals surface area contributed by atoms with Crippen LogP contribution in [0.3, 0.4) is 0 Å². The summed E-state index contributed by atoms with van der Waals surface area (Å²) in [5.41, 5.74) is 0.642. The Kier molecular flexibility index (Phi) is 6.10. The van der Waals surface area contributed by atoms with Crippen molar-refractivity contribution in [2.75, 3.05) is 51.3 Å². The lowest BCUT2D eigenvalue weighted by Crippen LogP contribution is -2.41. The van der Waals surface area contributed by atoms with E-state index in [9.17, 15) is 9.59 Å². The highest BCUT2D eigenvalue weighted by Gasteiger charge is 2.28. The van der Waals surface area contributed by atoms with Crippen molar-refractivity contribution in [3.63, 3.8) is 0 Å². The van der Waals surface area contributed by atoms with E-state index in [1.807, 2.05) is 21.9 Å². The largest absolute Gasteiger partial charge is 0.381 e. The molecule has 0 aliphatic carbocycles. The quantitative estimate of drug-likeness (QED) is 0.809. The zero-order valence-corrected chi connectivity index (χ0v) is 16.4. The molecular weight excluding hydrogens is 356 g/mol. The topological polar surface area (TPSA) is 74.8 Å². The van der Waals surface area contributed by atoms with E-state index in [1.54, 1.807) is 6.20 Å². The molecule has 1 aromatic heterocycles. The van der Waals surface area contributed by atoms with Gasteiger partial charge in [0.15, 0.2) is 0 Å². The number of pyridine rings is 1. The molecule has 2 amide bonds. The first-order valence-corrected chi connectivity index (χ1v) is 10.5. The van der Waals surface area contributed by atoms with Gasteiger partial charge in [0.1, 0.15) is 5.82 Å². The average molecular weight is 386 g/mol. The third-order valence-electron chi connectivity index (χ3n) is 6.16. The molecule has 0 bridgehead atoms. The molecular formula is C21H30N4O3. The van der Waals surface area contributed by atoms with Crippen LogP contribution in [0.25, 0.3) is 0 Å². The van der Waals surface area contributed by atoms with Crippen LogP contribution in [0.15, 0.2) is 18.3 Å². The molecule has 1 N–H and O–H groups in total. The molecule has 7 nitrogen and oxygen atoms in total. The van der Waals surface area contributed by atoms with Crippen LogP contribution in [0.1, 0.15) is 42.5 Å². The molecule has 7 heteroatoms. The summed E-state index contributed by atoms with van der Waals surface area (Å²) in [6.07, 6.45) is 6.38. The number of amides is 2. The smallest absolute Gasteiger partial charge is 0.255 e. The van der Waals surface area contributed by atoms with Crippen molar-refractivity contribution < 1.29 is 14.3 Å². The second-order valence-corrected chi connectivity index (χ2v) is 8.22. The molecule has 152 valence electrons. The summed E-state index contributed by atoms with van der Waals surface area (Å²) < 4.78 is 5.38. The molecule has 28 heavy (non-hydrogen) atoms. The monoisotopic (exact) mass is 386 g/mol. The summed E-state index contributed by atoms with van der Waals surface area (Å²) in [7, 11) is 0.